The first-order chi connectivity index (χ1) is 9.00. The third kappa shape index (κ3) is 5.01. The van der Waals surface area contributed by atoms with Gasteiger partial charge >= 0.3 is 6.18 Å². The lowest BCUT2D eigenvalue weighted by molar-refractivity contribution is -0.137. The highest BCUT2D eigenvalue weighted by Gasteiger charge is 2.31. The number of benzene rings is 1. The Morgan fingerprint density at radius 3 is 2.45 bits per heavy atom. The highest BCUT2D eigenvalue weighted by atomic mass is 32.2. The van der Waals surface area contributed by atoms with Gasteiger partial charge in [0.15, 0.2) is 0 Å². The van der Waals surface area contributed by atoms with E-state index in [0.717, 1.165) is 24.5 Å². The molecule has 1 aromatic carbocycles. The molecule has 1 unspecified atom stereocenters. The molecule has 0 saturated heterocycles. The van der Waals surface area contributed by atoms with Gasteiger partial charge < -0.3 is 10.8 Å². The van der Waals surface area contributed by atoms with Crippen molar-refractivity contribution in [1.29, 1.82) is 0 Å². The van der Waals surface area contributed by atoms with Gasteiger partial charge in [-0.3, -0.25) is 0 Å². The van der Waals surface area contributed by atoms with Crippen molar-refractivity contribution in [3.05, 3.63) is 29.3 Å². The van der Waals surface area contributed by atoms with Crippen LogP contribution in [0, 0.1) is 0 Å². The second-order valence-corrected chi connectivity index (χ2v) is 6.89. The molecular formula is C12H16F3NO3S. The molecule has 0 saturated carbocycles. The fourth-order valence-electron chi connectivity index (χ4n) is 1.73. The largest absolute Gasteiger partial charge is 0.416 e. The van der Waals surface area contributed by atoms with E-state index in [1.165, 1.54) is 0 Å². The Hall–Kier alpha value is -1.28. The number of aliphatic hydroxyl groups is 1. The van der Waals surface area contributed by atoms with Gasteiger partial charge in [0.2, 0.25) is 0 Å². The number of halogens is 3. The highest BCUT2D eigenvalue weighted by Crippen LogP contribution is 2.34. The standard InChI is InChI=1S/C12H16F3NO3S/c1-20(18,19)6-2-3-11(17)9-7-8(12(13,14)15)4-5-10(9)16/h4-5,7,11,17H,2-3,6,16H2,1H3. The molecule has 0 bridgehead atoms. The molecule has 114 valence electrons. The van der Waals surface area contributed by atoms with E-state index in [9.17, 15) is 26.7 Å². The molecule has 0 aromatic heterocycles. The minimum Gasteiger partial charge on any atom is -0.398 e. The van der Waals surface area contributed by atoms with Crippen LogP contribution in [0.4, 0.5) is 18.9 Å². The van der Waals surface area contributed by atoms with E-state index in [4.69, 9.17) is 5.73 Å². The maximum atomic E-state index is 12.6. The zero-order chi connectivity index (χ0) is 15.6. The summed E-state index contributed by atoms with van der Waals surface area (Å²) in [6.45, 7) is 0. The number of aliphatic hydroxyl groups excluding tert-OH is 1. The Labute approximate surface area is 115 Å². The maximum absolute atomic E-state index is 12.6. The summed E-state index contributed by atoms with van der Waals surface area (Å²) in [5, 5.41) is 9.85. The smallest absolute Gasteiger partial charge is 0.398 e. The summed E-state index contributed by atoms with van der Waals surface area (Å²) in [7, 11) is -3.17. The van der Waals surface area contributed by atoms with E-state index in [0.29, 0.717) is 0 Å². The van der Waals surface area contributed by atoms with E-state index in [2.05, 4.69) is 0 Å². The molecule has 0 radical (unpaired) electrons. The number of sulfone groups is 1. The van der Waals surface area contributed by atoms with E-state index < -0.39 is 27.7 Å². The summed E-state index contributed by atoms with van der Waals surface area (Å²) < 4.78 is 59.6. The van der Waals surface area contributed by atoms with Gasteiger partial charge in [0.25, 0.3) is 0 Å². The predicted octanol–water partition coefficient (Wildman–Crippen LogP) is 2.15. The van der Waals surface area contributed by atoms with Gasteiger partial charge in [-0.1, -0.05) is 0 Å². The molecule has 4 nitrogen and oxygen atoms in total. The second-order valence-electron chi connectivity index (χ2n) is 4.63. The van der Waals surface area contributed by atoms with Crippen LogP contribution in [0.2, 0.25) is 0 Å². The molecule has 3 N–H and O–H groups in total. The van der Waals surface area contributed by atoms with Crippen LogP contribution in [0.15, 0.2) is 18.2 Å². The van der Waals surface area contributed by atoms with Crippen LogP contribution in [0.5, 0.6) is 0 Å². The van der Waals surface area contributed by atoms with Gasteiger partial charge in [0.05, 0.1) is 11.7 Å². The Kier molecular flexibility index (Phi) is 5.04. The first-order valence-corrected chi connectivity index (χ1v) is 7.89. The zero-order valence-corrected chi connectivity index (χ0v) is 11.6. The third-order valence-electron chi connectivity index (χ3n) is 2.77. The number of nitrogens with two attached hydrogens (primary N) is 1. The van der Waals surface area contributed by atoms with Crippen molar-refractivity contribution in [3.8, 4) is 0 Å². The van der Waals surface area contributed by atoms with Crippen LogP contribution < -0.4 is 5.73 Å². The van der Waals surface area contributed by atoms with E-state index in [-0.39, 0.29) is 29.8 Å². The monoisotopic (exact) mass is 311 g/mol. The normalized spacial score (nSPS) is 14.2. The van der Waals surface area contributed by atoms with Gasteiger partial charge in [-0.2, -0.15) is 13.2 Å². The first-order valence-electron chi connectivity index (χ1n) is 5.83. The number of alkyl halides is 3. The van der Waals surface area contributed by atoms with Gasteiger partial charge in [0.1, 0.15) is 9.84 Å². The molecule has 0 heterocycles. The molecule has 8 heteroatoms. The minimum absolute atomic E-state index is 0.0264. The van der Waals surface area contributed by atoms with Gasteiger partial charge in [0, 0.05) is 23.3 Å². The van der Waals surface area contributed by atoms with Crippen LogP contribution in [-0.4, -0.2) is 25.5 Å². The fourth-order valence-corrected chi connectivity index (χ4v) is 2.43. The van der Waals surface area contributed by atoms with Crippen molar-refractivity contribution in [3.63, 3.8) is 0 Å². The first kappa shape index (κ1) is 16.8. The van der Waals surface area contributed by atoms with Crippen molar-refractivity contribution in [2.24, 2.45) is 0 Å². The number of rotatable bonds is 5. The van der Waals surface area contributed by atoms with Crippen LogP contribution in [0.25, 0.3) is 0 Å². The quantitative estimate of drug-likeness (QED) is 0.817. The van der Waals surface area contributed by atoms with Gasteiger partial charge in [-0.15, -0.1) is 0 Å². The molecule has 1 rings (SSSR count). The van der Waals surface area contributed by atoms with Crippen molar-refractivity contribution >= 4 is 15.5 Å². The highest BCUT2D eigenvalue weighted by molar-refractivity contribution is 7.90. The molecule has 1 atom stereocenters. The Morgan fingerprint density at radius 1 is 1.35 bits per heavy atom. The van der Waals surface area contributed by atoms with E-state index in [1.54, 1.807) is 0 Å². The molecule has 0 amide bonds. The summed E-state index contributed by atoms with van der Waals surface area (Å²) in [5.41, 5.74) is 4.66. The average molecular weight is 311 g/mol. The second kappa shape index (κ2) is 6.01. The minimum atomic E-state index is -4.52. The predicted molar refractivity (Wildman–Crippen MR) is 69.8 cm³/mol. The third-order valence-corrected chi connectivity index (χ3v) is 3.80. The summed E-state index contributed by atoms with van der Waals surface area (Å²) in [6, 6.07) is 2.71. The van der Waals surface area contributed by atoms with Crippen molar-refractivity contribution in [2.45, 2.75) is 25.1 Å². The Morgan fingerprint density at radius 2 is 1.95 bits per heavy atom. The van der Waals surface area contributed by atoms with Crippen molar-refractivity contribution < 1.29 is 26.7 Å². The van der Waals surface area contributed by atoms with Crippen molar-refractivity contribution in [2.75, 3.05) is 17.7 Å². The number of anilines is 1. The summed E-state index contributed by atoms with van der Waals surface area (Å²) in [4.78, 5) is 0. The lowest BCUT2D eigenvalue weighted by Gasteiger charge is -2.16. The average Bonchev–Trinajstić information content (AvgIpc) is 2.25. The van der Waals surface area contributed by atoms with Crippen LogP contribution >= 0.6 is 0 Å². The lowest BCUT2D eigenvalue weighted by atomic mass is 10.0. The lowest BCUT2D eigenvalue weighted by Crippen LogP contribution is -2.10. The molecule has 1 aromatic rings. The summed E-state index contributed by atoms with van der Waals surface area (Å²) >= 11 is 0. The van der Waals surface area contributed by atoms with Gasteiger partial charge in [-0.25, -0.2) is 8.42 Å². The SMILES string of the molecule is CS(=O)(=O)CCCC(O)c1cc(C(F)(F)F)ccc1N. The molecule has 20 heavy (non-hydrogen) atoms. The van der Waals surface area contributed by atoms with Gasteiger partial charge in [-0.05, 0) is 31.0 Å². The molecule has 0 aliphatic carbocycles. The zero-order valence-electron chi connectivity index (χ0n) is 10.8. The molecule has 0 aliphatic heterocycles. The van der Waals surface area contributed by atoms with Crippen LogP contribution in [-0.2, 0) is 16.0 Å². The van der Waals surface area contributed by atoms with E-state index >= 15 is 0 Å². The van der Waals surface area contributed by atoms with Crippen LogP contribution in [0.1, 0.15) is 30.1 Å². The molecular weight excluding hydrogens is 295 g/mol. The molecule has 0 spiro atoms. The Bertz CT molecular complexity index is 570. The number of hydrogen-bond acceptors (Lipinski definition) is 4. The molecule has 0 fully saturated rings. The van der Waals surface area contributed by atoms with Crippen LogP contribution in [0.3, 0.4) is 0 Å². The number of hydrogen-bond donors (Lipinski definition) is 2. The summed E-state index contributed by atoms with van der Waals surface area (Å²) in [5.74, 6) is -0.136. The van der Waals surface area contributed by atoms with E-state index in [1.807, 2.05) is 0 Å². The number of nitrogen functional groups attached to an aromatic ring is 1. The fraction of sp³-hybridized carbons (Fsp3) is 0.500. The molecule has 0 aliphatic rings. The van der Waals surface area contributed by atoms with Crippen molar-refractivity contribution in [1.82, 2.24) is 0 Å². The topological polar surface area (TPSA) is 80.4 Å². The summed E-state index contributed by atoms with van der Waals surface area (Å²) in [6.07, 6.45) is -4.51. The maximum Gasteiger partial charge on any atom is 0.416 e. The Balaban J connectivity index is 2.84.